The van der Waals surface area contributed by atoms with Gasteiger partial charge in [-0.3, -0.25) is 4.79 Å². The number of phenolic OH excluding ortho intramolecular Hbond substituents is 2. The fraction of sp³-hybridized carbons (Fsp3) is 0.500. The first kappa shape index (κ1) is 30.7. The second-order valence-corrected chi connectivity index (χ2v) is 9.89. The number of ether oxygens (including phenoxy) is 1. The Bertz CT molecular complexity index is 1080. The van der Waals surface area contributed by atoms with E-state index in [9.17, 15) is 29.3 Å². The number of primary amides is 1. The highest BCUT2D eigenvalue weighted by Crippen LogP contribution is 2.42. The number of aromatic hydroxyl groups is 2. The van der Waals surface area contributed by atoms with Crippen molar-refractivity contribution < 1.29 is 34.0 Å². The van der Waals surface area contributed by atoms with E-state index in [-0.39, 0.29) is 41.3 Å². The van der Waals surface area contributed by atoms with E-state index in [0.717, 1.165) is 5.57 Å². The monoisotopic (exact) mass is 533 g/mol. The number of nitrogens with one attached hydrogen (secondary N) is 2. The van der Waals surface area contributed by atoms with Crippen molar-refractivity contribution in [2.24, 2.45) is 17.6 Å². The van der Waals surface area contributed by atoms with Crippen molar-refractivity contribution in [3.05, 3.63) is 47.1 Å². The summed E-state index contributed by atoms with van der Waals surface area (Å²) in [5, 5.41) is 37.7. The van der Waals surface area contributed by atoms with Gasteiger partial charge in [-0.05, 0) is 51.0 Å². The molecule has 1 aliphatic heterocycles. The van der Waals surface area contributed by atoms with Gasteiger partial charge in [-0.1, -0.05) is 38.2 Å². The molecule has 4 atom stereocenters. The number of hydrogen-bond acceptors (Lipinski definition) is 7. The van der Waals surface area contributed by atoms with Crippen LogP contribution in [0.5, 0.6) is 11.5 Å². The van der Waals surface area contributed by atoms with Gasteiger partial charge in [0.05, 0.1) is 17.5 Å². The van der Waals surface area contributed by atoms with Crippen molar-refractivity contribution in [1.29, 1.82) is 0 Å². The van der Waals surface area contributed by atoms with Crippen molar-refractivity contribution in [1.82, 2.24) is 0 Å². The van der Waals surface area contributed by atoms with E-state index in [1.807, 2.05) is 19.9 Å². The minimum atomic E-state index is -0.910. The Labute approximate surface area is 223 Å². The number of anilines is 2. The zero-order chi connectivity index (χ0) is 28.4. The number of carbonyl (C=O) groups excluding carboxylic acids is 2. The lowest BCUT2D eigenvalue weighted by molar-refractivity contribution is -0.112. The van der Waals surface area contributed by atoms with Crippen molar-refractivity contribution in [3.63, 3.8) is 0 Å². The topological polar surface area (TPSA) is 154 Å². The second-order valence-electron chi connectivity index (χ2n) is 9.89. The highest BCUT2D eigenvalue weighted by Gasteiger charge is 2.23. The van der Waals surface area contributed by atoms with E-state index < -0.39 is 30.9 Å². The standard InChI is InChI=1S/C28H40FN3O6/c1-16-8-10-20(33)11-9-18(3)26(38-28(30)37)17(2)6-5-7-19(4)27(36)32-22-15-23(34)24(31-13-12-29)21(14-16)25(22)35/h5-7,9,15-17,20,26,31,33-35H,8,10-14H2,1-4H3,(H2,30,37)(H,32,36). The Morgan fingerprint density at radius 1 is 1.26 bits per heavy atom. The van der Waals surface area contributed by atoms with Crippen LogP contribution in [0, 0.1) is 11.8 Å². The smallest absolute Gasteiger partial charge is 0.405 e. The lowest BCUT2D eigenvalue weighted by Gasteiger charge is -2.22. The molecule has 0 aromatic heterocycles. The Hall–Kier alpha value is -3.53. The molecular formula is C28H40FN3O6. The molecule has 1 aliphatic rings. The largest absolute Gasteiger partial charge is 0.506 e. The van der Waals surface area contributed by atoms with Crippen molar-refractivity contribution in [2.75, 3.05) is 23.9 Å². The first-order valence-corrected chi connectivity index (χ1v) is 12.8. The molecular weight excluding hydrogens is 493 g/mol. The van der Waals surface area contributed by atoms with E-state index in [0.29, 0.717) is 36.8 Å². The molecule has 9 nitrogen and oxygen atoms in total. The van der Waals surface area contributed by atoms with Crippen LogP contribution in [0.2, 0.25) is 0 Å². The highest BCUT2D eigenvalue weighted by atomic mass is 19.1. The van der Waals surface area contributed by atoms with Crippen LogP contribution in [0.25, 0.3) is 0 Å². The fourth-order valence-electron chi connectivity index (χ4n) is 4.37. The molecule has 0 fully saturated rings. The first-order valence-electron chi connectivity index (χ1n) is 12.8. The van der Waals surface area contributed by atoms with Gasteiger partial charge in [-0.15, -0.1) is 0 Å². The zero-order valence-electron chi connectivity index (χ0n) is 22.5. The quantitative estimate of drug-likeness (QED) is 0.186. The molecule has 10 heteroatoms. The normalized spacial score (nSPS) is 23.7. The number of fused-ring (bicyclic) bond motifs is 2. The SMILES string of the molecule is CC1=CC=CC(C)C(OC(N)=O)C(C)=CCC(O)CCC(C)Cc2c(O)c(cc(O)c2NCCF)NC1=O. The van der Waals surface area contributed by atoms with Crippen LogP contribution in [0.15, 0.2) is 41.5 Å². The van der Waals surface area contributed by atoms with Crippen molar-refractivity contribution in [3.8, 4) is 11.5 Å². The number of nitrogens with two attached hydrogens (primary N) is 1. The van der Waals surface area contributed by atoms with Gasteiger partial charge in [0.15, 0.2) is 0 Å². The van der Waals surface area contributed by atoms with Crippen LogP contribution >= 0.6 is 0 Å². The Balaban J connectivity index is 2.49. The van der Waals surface area contributed by atoms with E-state index in [2.05, 4.69) is 10.6 Å². The molecule has 1 heterocycles. The van der Waals surface area contributed by atoms with Crippen LogP contribution in [0.3, 0.4) is 0 Å². The number of alkyl halides is 1. The molecule has 0 radical (unpaired) electrons. The third-order valence-electron chi connectivity index (χ3n) is 6.57. The van der Waals surface area contributed by atoms with Gasteiger partial charge in [0, 0.05) is 29.7 Å². The Morgan fingerprint density at radius 3 is 2.63 bits per heavy atom. The van der Waals surface area contributed by atoms with Crippen LogP contribution in [0.1, 0.15) is 52.5 Å². The lowest BCUT2D eigenvalue weighted by atomic mass is 9.92. The maximum atomic E-state index is 12.9. The summed E-state index contributed by atoms with van der Waals surface area (Å²) in [6.45, 7) is 6.44. The number of phenols is 2. The summed E-state index contributed by atoms with van der Waals surface area (Å²) < 4.78 is 18.2. The van der Waals surface area contributed by atoms with Crippen molar-refractivity contribution >= 4 is 23.4 Å². The first-order chi connectivity index (χ1) is 17.9. The Morgan fingerprint density at radius 2 is 1.97 bits per heavy atom. The molecule has 38 heavy (non-hydrogen) atoms. The maximum absolute atomic E-state index is 12.9. The molecule has 4 unspecified atom stereocenters. The summed E-state index contributed by atoms with van der Waals surface area (Å²) in [5.41, 5.74) is 6.93. The summed E-state index contributed by atoms with van der Waals surface area (Å²) in [5.74, 6) is -1.25. The molecule has 2 rings (SSSR count). The molecule has 7 N–H and O–H groups in total. The summed E-state index contributed by atoms with van der Waals surface area (Å²) >= 11 is 0. The fourth-order valence-corrected chi connectivity index (χ4v) is 4.37. The number of aliphatic hydroxyl groups is 1. The summed E-state index contributed by atoms with van der Waals surface area (Å²) in [4.78, 5) is 24.3. The predicted molar refractivity (Wildman–Crippen MR) is 146 cm³/mol. The average Bonchev–Trinajstić information content (AvgIpc) is 2.86. The molecule has 0 aliphatic carbocycles. The predicted octanol–water partition coefficient (Wildman–Crippen LogP) is 4.69. The van der Waals surface area contributed by atoms with Gasteiger partial charge in [0.25, 0.3) is 5.91 Å². The molecule has 0 spiro atoms. The van der Waals surface area contributed by atoms with Gasteiger partial charge in [0.2, 0.25) is 0 Å². The number of carbonyl (C=O) groups is 2. The van der Waals surface area contributed by atoms with Gasteiger partial charge in [-0.2, -0.15) is 0 Å². The van der Waals surface area contributed by atoms with E-state index >= 15 is 0 Å². The number of hydrogen-bond donors (Lipinski definition) is 6. The highest BCUT2D eigenvalue weighted by molar-refractivity contribution is 6.04. The second kappa shape index (κ2) is 14.4. The summed E-state index contributed by atoms with van der Waals surface area (Å²) in [6.07, 6.45) is 6.31. The van der Waals surface area contributed by atoms with E-state index in [1.54, 1.807) is 32.1 Å². The van der Waals surface area contributed by atoms with Crippen LogP contribution < -0.4 is 16.4 Å². The van der Waals surface area contributed by atoms with Gasteiger partial charge in [0.1, 0.15) is 24.3 Å². The number of allylic oxidation sites excluding steroid dienone is 2. The summed E-state index contributed by atoms with van der Waals surface area (Å²) in [6, 6.07) is 1.22. The van der Waals surface area contributed by atoms with Gasteiger partial charge < -0.3 is 36.4 Å². The van der Waals surface area contributed by atoms with E-state index in [1.165, 1.54) is 6.07 Å². The summed E-state index contributed by atoms with van der Waals surface area (Å²) in [7, 11) is 0. The number of halogens is 1. The minimum Gasteiger partial charge on any atom is -0.506 e. The van der Waals surface area contributed by atoms with Crippen LogP contribution in [-0.4, -0.2) is 52.7 Å². The molecule has 210 valence electrons. The third kappa shape index (κ3) is 8.79. The minimum absolute atomic E-state index is 0.0262. The third-order valence-corrected chi connectivity index (χ3v) is 6.57. The Kier molecular flexibility index (Phi) is 11.6. The number of aliphatic hydroxyl groups excluding tert-OH is 1. The number of rotatable bonds is 4. The van der Waals surface area contributed by atoms with E-state index in [4.69, 9.17) is 10.5 Å². The van der Waals surface area contributed by atoms with Gasteiger partial charge >= 0.3 is 6.09 Å². The molecule has 2 bridgehead atoms. The molecule has 2 amide bonds. The molecule has 1 aromatic rings. The van der Waals surface area contributed by atoms with Gasteiger partial charge in [-0.25, -0.2) is 9.18 Å². The molecule has 0 saturated heterocycles. The maximum Gasteiger partial charge on any atom is 0.405 e. The average molecular weight is 534 g/mol. The zero-order valence-corrected chi connectivity index (χ0v) is 22.5. The van der Waals surface area contributed by atoms with Crippen molar-refractivity contribution in [2.45, 2.75) is 65.6 Å². The number of amides is 2. The van der Waals surface area contributed by atoms with Crippen LogP contribution in [0.4, 0.5) is 20.6 Å². The molecule has 1 aromatic carbocycles. The van der Waals surface area contributed by atoms with Crippen LogP contribution in [-0.2, 0) is 16.0 Å². The number of benzene rings is 1. The molecule has 0 saturated carbocycles. The lowest BCUT2D eigenvalue weighted by Crippen LogP contribution is -2.28.